The molecular weight excluding hydrogens is 378 g/mol. The highest BCUT2D eigenvalue weighted by Gasteiger charge is 2.42. The molecule has 7 heteroatoms. The van der Waals surface area contributed by atoms with Crippen LogP contribution >= 0.6 is 0 Å². The minimum Gasteiger partial charge on any atom is -0.382 e. The van der Waals surface area contributed by atoms with Gasteiger partial charge in [-0.15, -0.1) is 0 Å². The summed E-state index contributed by atoms with van der Waals surface area (Å²) < 4.78 is 5.56. The second kappa shape index (κ2) is 11.9. The molecule has 0 bridgehead atoms. The van der Waals surface area contributed by atoms with E-state index in [1.165, 1.54) is 25.7 Å². The topological polar surface area (TPSA) is 60.4 Å². The highest BCUT2D eigenvalue weighted by atomic mass is 16.5. The van der Waals surface area contributed by atoms with Gasteiger partial charge in [-0.2, -0.15) is 0 Å². The summed E-state index contributed by atoms with van der Waals surface area (Å²) >= 11 is 0. The number of ether oxygens (including phenoxy) is 1. The molecule has 2 heterocycles. The van der Waals surface area contributed by atoms with E-state index in [1.54, 1.807) is 0 Å². The monoisotopic (exact) mass is 421 g/mol. The summed E-state index contributed by atoms with van der Waals surface area (Å²) in [5.74, 6) is 1.36. The van der Waals surface area contributed by atoms with E-state index >= 15 is 0 Å². The van der Waals surface area contributed by atoms with Gasteiger partial charge < -0.3 is 19.9 Å². The first-order valence-electron chi connectivity index (χ1n) is 12.3. The molecule has 3 fully saturated rings. The van der Waals surface area contributed by atoms with Crippen molar-refractivity contribution in [3.8, 4) is 0 Å². The Morgan fingerprint density at radius 3 is 2.27 bits per heavy atom. The van der Waals surface area contributed by atoms with Crippen molar-refractivity contribution in [2.75, 3.05) is 72.1 Å². The standard InChI is InChI=1S/C23H43N5O2/c1-3-24-22(25-20-23(9-10-23)11-18-30-4-2)28-16-14-26(15-17-28)19-21(29)27-12-7-5-6-8-13-27/h3-20H2,1-2H3,(H,24,25). The third-order valence-corrected chi connectivity index (χ3v) is 6.83. The van der Waals surface area contributed by atoms with Crippen LogP contribution < -0.4 is 5.32 Å². The lowest BCUT2D eigenvalue weighted by Gasteiger charge is -2.37. The van der Waals surface area contributed by atoms with Crippen LogP contribution in [-0.4, -0.2) is 98.7 Å². The molecule has 172 valence electrons. The molecule has 7 nitrogen and oxygen atoms in total. The second-order valence-corrected chi connectivity index (χ2v) is 9.18. The summed E-state index contributed by atoms with van der Waals surface area (Å²) in [6, 6.07) is 0. The lowest BCUT2D eigenvalue weighted by Crippen LogP contribution is -2.54. The highest BCUT2D eigenvalue weighted by molar-refractivity contribution is 5.80. The fourth-order valence-electron chi connectivity index (χ4n) is 4.49. The van der Waals surface area contributed by atoms with E-state index in [0.29, 0.717) is 17.9 Å². The smallest absolute Gasteiger partial charge is 0.236 e. The maximum absolute atomic E-state index is 12.7. The van der Waals surface area contributed by atoms with E-state index in [9.17, 15) is 4.79 Å². The number of aliphatic imine (C=N–C) groups is 1. The van der Waals surface area contributed by atoms with Gasteiger partial charge in [0, 0.05) is 65.6 Å². The van der Waals surface area contributed by atoms with Gasteiger partial charge in [-0.25, -0.2) is 0 Å². The molecule has 30 heavy (non-hydrogen) atoms. The van der Waals surface area contributed by atoms with Gasteiger partial charge in [0.2, 0.25) is 5.91 Å². The Labute approximate surface area is 183 Å². The summed E-state index contributed by atoms with van der Waals surface area (Å²) in [5.41, 5.74) is 0.372. The average Bonchev–Trinajstić information content (AvgIpc) is 3.56. The van der Waals surface area contributed by atoms with E-state index in [2.05, 4.69) is 33.9 Å². The van der Waals surface area contributed by atoms with Crippen LogP contribution in [0.3, 0.4) is 0 Å². The van der Waals surface area contributed by atoms with Crippen LogP contribution in [0.2, 0.25) is 0 Å². The summed E-state index contributed by atoms with van der Waals surface area (Å²) in [5, 5.41) is 3.49. The van der Waals surface area contributed by atoms with Gasteiger partial charge >= 0.3 is 0 Å². The number of nitrogens with one attached hydrogen (secondary N) is 1. The summed E-state index contributed by atoms with van der Waals surface area (Å²) in [6.45, 7) is 13.8. The molecule has 1 aliphatic carbocycles. The van der Waals surface area contributed by atoms with Crippen molar-refractivity contribution in [1.29, 1.82) is 0 Å². The number of nitrogens with zero attached hydrogens (tertiary/aromatic N) is 4. The van der Waals surface area contributed by atoms with E-state index in [-0.39, 0.29) is 0 Å². The Bertz CT molecular complexity index is 548. The van der Waals surface area contributed by atoms with E-state index in [1.807, 2.05) is 0 Å². The van der Waals surface area contributed by atoms with E-state index in [0.717, 1.165) is 90.8 Å². The zero-order chi connectivity index (χ0) is 21.2. The van der Waals surface area contributed by atoms with Gasteiger partial charge in [-0.3, -0.25) is 14.7 Å². The van der Waals surface area contributed by atoms with Crippen LogP contribution in [0, 0.1) is 5.41 Å². The molecule has 3 aliphatic rings. The second-order valence-electron chi connectivity index (χ2n) is 9.18. The van der Waals surface area contributed by atoms with Crippen molar-refractivity contribution in [1.82, 2.24) is 20.0 Å². The lowest BCUT2D eigenvalue weighted by atomic mass is 10.0. The fourth-order valence-corrected chi connectivity index (χ4v) is 4.49. The van der Waals surface area contributed by atoms with E-state index < -0.39 is 0 Å². The Balaban J connectivity index is 1.44. The predicted molar refractivity (Wildman–Crippen MR) is 122 cm³/mol. The van der Waals surface area contributed by atoms with Crippen LogP contribution in [0.15, 0.2) is 4.99 Å². The maximum Gasteiger partial charge on any atom is 0.236 e. The first kappa shape index (κ1) is 23.3. The Kier molecular flexibility index (Phi) is 9.25. The van der Waals surface area contributed by atoms with Crippen molar-refractivity contribution in [2.24, 2.45) is 10.4 Å². The third-order valence-electron chi connectivity index (χ3n) is 6.83. The largest absolute Gasteiger partial charge is 0.382 e. The number of hydrogen-bond donors (Lipinski definition) is 1. The molecule has 2 aliphatic heterocycles. The number of piperazine rings is 1. The predicted octanol–water partition coefficient (Wildman–Crippen LogP) is 2.18. The Hall–Kier alpha value is -1.34. The van der Waals surface area contributed by atoms with Crippen molar-refractivity contribution in [3.63, 3.8) is 0 Å². The van der Waals surface area contributed by atoms with Crippen LogP contribution in [0.25, 0.3) is 0 Å². The molecule has 0 radical (unpaired) electrons. The molecule has 1 amide bonds. The van der Waals surface area contributed by atoms with Gasteiger partial charge in [-0.05, 0) is 51.4 Å². The molecule has 0 unspecified atom stereocenters. The zero-order valence-corrected chi connectivity index (χ0v) is 19.3. The number of carbonyl (C=O) groups is 1. The molecular formula is C23H43N5O2. The van der Waals surface area contributed by atoms with Crippen molar-refractivity contribution < 1.29 is 9.53 Å². The van der Waals surface area contributed by atoms with Crippen LogP contribution in [0.4, 0.5) is 0 Å². The molecule has 1 saturated carbocycles. The number of amides is 1. The number of rotatable bonds is 9. The number of likely N-dealkylation sites (tertiary alicyclic amines) is 1. The average molecular weight is 422 g/mol. The minimum absolute atomic E-state index is 0.316. The normalized spacial score (nSPS) is 22.7. The zero-order valence-electron chi connectivity index (χ0n) is 19.3. The van der Waals surface area contributed by atoms with Crippen LogP contribution in [0.1, 0.15) is 58.8 Å². The quantitative estimate of drug-likeness (QED) is 0.351. The summed E-state index contributed by atoms with van der Waals surface area (Å²) in [7, 11) is 0. The first-order valence-corrected chi connectivity index (χ1v) is 12.3. The molecule has 0 aromatic heterocycles. The Morgan fingerprint density at radius 1 is 0.967 bits per heavy atom. The SMILES string of the molecule is CCNC(=NCC1(CCOCC)CC1)N1CCN(CC(=O)N2CCCCCC2)CC1. The lowest BCUT2D eigenvalue weighted by molar-refractivity contribution is -0.132. The molecule has 0 spiro atoms. The van der Waals surface area contributed by atoms with E-state index in [4.69, 9.17) is 9.73 Å². The van der Waals surface area contributed by atoms with Crippen LogP contribution in [-0.2, 0) is 9.53 Å². The van der Waals surface area contributed by atoms with Gasteiger partial charge in [-0.1, -0.05) is 12.8 Å². The summed E-state index contributed by atoms with van der Waals surface area (Å²) in [6.07, 6.45) is 8.52. The number of guanidine groups is 1. The van der Waals surface area contributed by atoms with Crippen LogP contribution in [0.5, 0.6) is 0 Å². The molecule has 2 saturated heterocycles. The first-order chi connectivity index (χ1) is 14.7. The minimum atomic E-state index is 0.316. The molecule has 0 aromatic carbocycles. The summed E-state index contributed by atoms with van der Waals surface area (Å²) in [4.78, 5) is 24.5. The Morgan fingerprint density at radius 2 is 1.67 bits per heavy atom. The molecule has 1 N–H and O–H groups in total. The highest BCUT2D eigenvalue weighted by Crippen LogP contribution is 2.49. The van der Waals surface area contributed by atoms with Crippen molar-refractivity contribution >= 4 is 11.9 Å². The van der Waals surface area contributed by atoms with Gasteiger partial charge in [0.25, 0.3) is 0 Å². The molecule has 0 aromatic rings. The maximum atomic E-state index is 12.7. The van der Waals surface area contributed by atoms with Gasteiger partial charge in [0.1, 0.15) is 0 Å². The van der Waals surface area contributed by atoms with Crippen molar-refractivity contribution in [3.05, 3.63) is 0 Å². The number of carbonyl (C=O) groups excluding carboxylic acids is 1. The fraction of sp³-hybridized carbons (Fsp3) is 0.913. The van der Waals surface area contributed by atoms with Gasteiger partial charge in [0.05, 0.1) is 6.54 Å². The van der Waals surface area contributed by atoms with Crippen molar-refractivity contribution in [2.45, 2.75) is 58.8 Å². The molecule has 3 rings (SSSR count). The number of hydrogen-bond acceptors (Lipinski definition) is 4. The third kappa shape index (κ3) is 7.12. The molecule has 0 atom stereocenters. The van der Waals surface area contributed by atoms with Gasteiger partial charge in [0.15, 0.2) is 5.96 Å².